The highest BCUT2D eigenvalue weighted by molar-refractivity contribution is 6.20. The van der Waals surface area contributed by atoms with Crippen LogP contribution in [0.15, 0.2) is 180 Å². The van der Waals surface area contributed by atoms with Crippen LogP contribution < -0.4 is 0 Å². The van der Waals surface area contributed by atoms with Gasteiger partial charge in [-0.1, -0.05) is 146 Å². The summed E-state index contributed by atoms with van der Waals surface area (Å²) in [7, 11) is 0. The minimum Gasteiger partial charge on any atom is -0.455 e. The van der Waals surface area contributed by atoms with Crippen LogP contribution in [-0.2, 0) is 0 Å². The van der Waals surface area contributed by atoms with Crippen molar-refractivity contribution in [1.82, 2.24) is 15.0 Å². The number of rotatable bonds is 4. The maximum absolute atomic E-state index is 7.05. The van der Waals surface area contributed by atoms with Crippen molar-refractivity contribution in [3.63, 3.8) is 0 Å². The standard InChI is InChI=1S/C49H29N3O/c1-4-13-33-26-37(23-20-30(33)10-1)44-40-17-8-7-16-36(40)29-43-41-18-9-19-42(45(41)53-46(43)44)49-51-47(38-24-21-31-11-2-5-14-34(31)27-38)50-48(52-49)39-25-22-32-12-3-6-15-35(32)28-39/h1-29H. The van der Waals surface area contributed by atoms with Crippen molar-refractivity contribution in [2.24, 2.45) is 0 Å². The summed E-state index contributed by atoms with van der Waals surface area (Å²) in [6, 6.07) is 61.7. The van der Waals surface area contributed by atoms with Crippen LogP contribution in [0.1, 0.15) is 0 Å². The van der Waals surface area contributed by atoms with Crippen molar-refractivity contribution >= 4 is 65.0 Å². The second-order valence-electron chi connectivity index (χ2n) is 13.6. The topological polar surface area (TPSA) is 51.8 Å². The highest BCUT2D eigenvalue weighted by Gasteiger charge is 2.21. The molecule has 2 aromatic heterocycles. The molecule has 2 heterocycles. The van der Waals surface area contributed by atoms with E-state index in [-0.39, 0.29) is 0 Å². The summed E-state index contributed by atoms with van der Waals surface area (Å²) >= 11 is 0. The van der Waals surface area contributed by atoms with Crippen LogP contribution in [0.2, 0.25) is 0 Å². The Morgan fingerprint density at radius 1 is 0.302 bits per heavy atom. The molecule has 4 nitrogen and oxygen atoms in total. The minimum atomic E-state index is 0.563. The lowest BCUT2D eigenvalue weighted by Crippen LogP contribution is -2.00. The molecular formula is C49H29N3O. The Labute approximate surface area is 304 Å². The quantitative estimate of drug-likeness (QED) is 0.186. The Morgan fingerprint density at radius 2 is 0.774 bits per heavy atom. The number of fused-ring (bicyclic) bond motifs is 7. The van der Waals surface area contributed by atoms with Crippen molar-refractivity contribution in [2.75, 3.05) is 0 Å². The van der Waals surface area contributed by atoms with Crippen LogP contribution >= 0.6 is 0 Å². The molecule has 11 rings (SSSR count). The molecule has 0 atom stereocenters. The molecule has 0 bridgehead atoms. The normalized spacial score (nSPS) is 11.8. The molecule has 0 saturated carbocycles. The number of furan rings is 1. The highest BCUT2D eigenvalue weighted by Crippen LogP contribution is 2.44. The first-order valence-corrected chi connectivity index (χ1v) is 17.8. The van der Waals surface area contributed by atoms with Crippen molar-refractivity contribution in [1.29, 1.82) is 0 Å². The lowest BCUT2D eigenvalue weighted by atomic mass is 9.93. The van der Waals surface area contributed by atoms with Gasteiger partial charge < -0.3 is 4.42 Å². The Morgan fingerprint density at radius 3 is 1.38 bits per heavy atom. The fourth-order valence-corrected chi connectivity index (χ4v) is 7.81. The van der Waals surface area contributed by atoms with E-state index in [1.165, 1.54) is 21.5 Å². The maximum atomic E-state index is 7.05. The number of nitrogens with zero attached hydrogens (tertiary/aromatic N) is 3. The third-order valence-corrected chi connectivity index (χ3v) is 10.4. The van der Waals surface area contributed by atoms with E-state index in [2.05, 4.69) is 176 Å². The van der Waals surface area contributed by atoms with Crippen LogP contribution in [0.4, 0.5) is 0 Å². The average molecular weight is 676 g/mol. The predicted molar refractivity (Wildman–Crippen MR) is 219 cm³/mol. The van der Waals surface area contributed by atoms with Gasteiger partial charge in [0.15, 0.2) is 17.5 Å². The largest absolute Gasteiger partial charge is 0.455 e. The fraction of sp³-hybridized carbons (Fsp3) is 0. The van der Waals surface area contributed by atoms with Gasteiger partial charge in [0.1, 0.15) is 11.2 Å². The minimum absolute atomic E-state index is 0.563. The van der Waals surface area contributed by atoms with Crippen molar-refractivity contribution in [3.05, 3.63) is 176 Å². The number of hydrogen-bond acceptors (Lipinski definition) is 4. The van der Waals surface area contributed by atoms with Crippen molar-refractivity contribution in [2.45, 2.75) is 0 Å². The summed E-state index contributed by atoms with van der Waals surface area (Å²) in [5.74, 6) is 1.78. The third kappa shape index (κ3) is 4.88. The molecule has 0 aliphatic carbocycles. The van der Waals surface area contributed by atoms with Gasteiger partial charge in [0.25, 0.3) is 0 Å². The molecule has 9 aromatic carbocycles. The lowest BCUT2D eigenvalue weighted by molar-refractivity contribution is 0.671. The summed E-state index contributed by atoms with van der Waals surface area (Å²) in [5.41, 5.74) is 6.46. The molecule has 4 heteroatoms. The molecular weight excluding hydrogens is 647 g/mol. The molecule has 0 unspecified atom stereocenters. The van der Waals surface area contributed by atoms with Gasteiger partial charge in [-0.15, -0.1) is 0 Å². The second-order valence-corrected chi connectivity index (χ2v) is 13.6. The molecule has 0 saturated heterocycles. The van der Waals surface area contributed by atoms with Gasteiger partial charge in [0, 0.05) is 27.5 Å². The Kier molecular flexibility index (Phi) is 6.52. The van der Waals surface area contributed by atoms with Crippen molar-refractivity contribution in [3.8, 4) is 45.3 Å². The molecule has 0 spiro atoms. The first-order chi connectivity index (χ1) is 26.2. The molecule has 0 N–H and O–H groups in total. The van der Waals surface area contributed by atoms with Crippen LogP contribution in [0.5, 0.6) is 0 Å². The van der Waals surface area contributed by atoms with E-state index in [1.54, 1.807) is 0 Å². The number of hydrogen-bond donors (Lipinski definition) is 0. The maximum Gasteiger partial charge on any atom is 0.167 e. The SMILES string of the molecule is c1ccc2cc(-c3nc(-c4ccc5ccccc5c4)nc(-c4cccc5c4oc4c(-c6ccc7ccccc7c6)c6ccccc6cc45)n3)ccc2c1. The first kappa shape index (κ1) is 29.5. The summed E-state index contributed by atoms with van der Waals surface area (Å²) in [6.45, 7) is 0. The highest BCUT2D eigenvalue weighted by atomic mass is 16.3. The van der Waals surface area contributed by atoms with Gasteiger partial charge in [-0.3, -0.25) is 0 Å². The number of para-hydroxylation sites is 1. The fourth-order valence-electron chi connectivity index (χ4n) is 7.81. The van der Waals surface area contributed by atoms with Gasteiger partial charge in [0.2, 0.25) is 0 Å². The second kappa shape index (κ2) is 11.7. The summed E-state index contributed by atoms with van der Waals surface area (Å²) in [5, 5.41) is 11.4. The van der Waals surface area contributed by atoms with Gasteiger partial charge in [-0.25, -0.2) is 15.0 Å². The van der Waals surface area contributed by atoms with Gasteiger partial charge >= 0.3 is 0 Å². The van der Waals surface area contributed by atoms with E-state index in [0.29, 0.717) is 17.5 Å². The van der Waals surface area contributed by atoms with E-state index in [4.69, 9.17) is 19.4 Å². The molecule has 0 amide bonds. The van der Waals surface area contributed by atoms with Crippen LogP contribution in [0, 0.1) is 0 Å². The van der Waals surface area contributed by atoms with Gasteiger partial charge in [-0.2, -0.15) is 0 Å². The Hall–Kier alpha value is -7.17. The van der Waals surface area contributed by atoms with E-state index < -0.39 is 0 Å². The molecule has 246 valence electrons. The summed E-state index contributed by atoms with van der Waals surface area (Å²) < 4.78 is 7.05. The zero-order valence-electron chi connectivity index (χ0n) is 28.5. The molecule has 53 heavy (non-hydrogen) atoms. The van der Waals surface area contributed by atoms with Gasteiger partial charge in [-0.05, 0) is 79.0 Å². The number of aromatic nitrogens is 3. The number of benzene rings is 9. The van der Waals surface area contributed by atoms with E-state index in [9.17, 15) is 0 Å². The summed E-state index contributed by atoms with van der Waals surface area (Å²) in [6.07, 6.45) is 0. The van der Waals surface area contributed by atoms with Crippen LogP contribution in [-0.4, -0.2) is 15.0 Å². The van der Waals surface area contributed by atoms with Crippen LogP contribution in [0.25, 0.3) is 110 Å². The van der Waals surface area contributed by atoms with E-state index >= 15 is 0 Å². The molecule has 0 aliphatic heterocycles. The molecule has 0 aliphatic rings. The first-order valence-electron chi connectivity index (χ1n) is 17.8. The average Bonchev–Trinajstić information content (AvgIpc) is 3.60. The van der Waals surface area contributed by atoms with Crippen LogP contribution in [0.3, 0.4) is 0 Å². The molecule has 11 aromatic rings. The lowest BCUT2D eigenvalue weighted by Gasteiger charge is -2.10. The monoisotopic (exact) mass is 675 g/mol. The van der Waals surface area contributed by atoms with Crippen molar-refractivity contribution < 1.29 is 4.42 Å². The van der Waals surface area contributed by atoms with E-state index in [1.807, 2.05) is 0 Å². The Balaban J connectivity index is 1.17. The smallest absolute Gasteiger partial charge is 0.167 e. The third-order valence-electron chi connectivity index (χ3n) is 10.4. The Bertz CT molecular complexity index is 3150. The summed E-state index contributed by atoms with van der Waals surface area (Å²) in [4.78, 5) is 15.5. The zero-order valence-corrected chi connectivity index (χ0v) is 28.5. The molecule has 0 fully saturated rings. The van der Waals surface area contributed by atoms with Gasteiger partial charge in [0.05, 0.1) is 5.56 Å². The van der Waals surface area contributed by atoms with E-state index in [0.717, 1.165) is 71.3 Å². The zero-order chi connectivity index (χ0) is 34.9. The predicted octanol–water partition coefficient (Wildman–Crippen LogP) is 13.1. The molecule has 0 radical (unpaired) electrons.